The van der Waals surface area contributed by atoms with Crippen molar-refractivity contribution in [1.82, 2.24) is 0 Å². The normalized spacial score (nSPS) is 11.0. The summed E-state index contributed by atoms with van der Waals surface area (Å²) in [5.41, 5.74) is 3.03. The molecule has 138 valence electrons. The molecule has 0 aromatic heterocycles. The molecule has 7 nitrogen and oxygen atoms in total. The largest absolute Gasteiger partial charge is 0.326 e. The zero-order chi connectivity index (χ0) is 19.3. The Morgan fingerprint density at radius 1 is 1.04 bits per heavy atom. The van der Waals surface area contributed by atoms with Gasteiger partial charge in [-0.1, -0.05) is 12.1 Å². The predicted molar refractivity (Wildman–Crippen MR) is 100 cm³/mol. The summed E-state index contributed by atoms with van der Waals surface area (Å²) in [5, 5.41) is 10.6. The summed E-state index contributed by atoms with van der Waals surface area (Å²) in [6.45, 7) is 3.28. The molecule has 0 spiro atoms. The quantitative estimate of drug-likeness (QED) is 0.717. The van der Waals surface area contributed by atoms with Crippen molar-refractivity contribution in [3.63, 3.8) is 0 Å². The molecule has 2 amide bonds. The third-order valence-electron chi connectivity index (χ3n) is 3.71. The summed E-state index contributed by atoms with van der Waals surface area (Å²) in [6.07, 6.45) is 0.723. The Morgan fingerprint density at radius 3 is 2.23 bits per heavy atom. The highest BCUT2D eigenvalue weighted by Crippen LogP contribution is 2.20. The van der Waals surface area contributed by atoms with Crippen molar-refractivity contribution in [2.24, 2.45) is 5.14 Å². The van der Waals surface area contributed by atoms with Crippen LogP contribution in [-0.4, -0.2) is 20.2 Å². The molecular weight excluding hydrogens is 354 g/mol. The standard InChI is InChI=1S/C18H21N3O4S/c1-12-11-15(6-9-17(12)20-13(2)22)21-18(23)10-5-14-3-7-16(8-4-14)26(19,24)25/h3-4,6-9,11H,5,10H2,1-2H3,(H,20,22)(H,21,23)(H2,19,24,25). The number of nitrogens with two attached hydrogens (primary N) is 1. The number of rotatable bonds is 6. The molecule has 0 saturated carbocycles. The van der Waals surface area contributed by atoms with Crippen LogP contribution in [0, 0.1) is 6.92 Å². The van der Waals surface area contributed by atoms with Crippen molar-refractivity contribution < 1.29 is 18.0 Å². The second-order valence-corrected chi connectivity index (χ2v) is 7.51. The number of hydrogen-bond donors (Lipinski definition) is 3. The zero-order valence-electron chi connectivity index (χ0n) is 14.6. The molecule has 4 N–H and O–H groups in total. The SMILES string of the molecule is CC(=O)Nc1ccc(NC(=O)CCc2ccc(S(N)(=O)=O)cc2)cc1C. The summed E-state index contributed by atoms with van der Waals surface area (Å²) < 4.78 is 22.4. The number of carbonyl (C=O) groups excluding carboxylic acids is 2. The van der Waals surface area contributed by atoms with Crippen LogP contribution < -0.4 is 15.8 Å². The Bertz CT molecular complexity index is 922. The van der Waals surface area contributed by atoms with Gasteiger partial charge in [-0.05, 0) is 54.8 Å². The fraction of sp³-hybridized carbons (Fsp3) is 0.222. The maximum Gasteiger partial charge on any atom is 0.238 e. The highest BCUT2D eigenvalue weighted by atomic mass is 32.2. The summed E-state index contributed by atoms with van der Waals surface area (Å²) >= 11 is 0. The van der Waals surface area contributed by atoms with Crippen molar-refractivity contribution in [3.05, 3.63) is 53.6 Å². The third-order valence-corrected chi connectivity index (χ3v) is 4.64. The Labute approximate surface area is 152 Å². The van der Waals surface area contributed by atoms with Gasteiger partial charge in [0.25, 0.3) is 0 Å². The minimum absolute atomic E-state index is 0.0421. The molecule has 0 aliphatic rings. The second-order valence-electron chi connectivity index (χ2n) is 5.95. The van der Waals surface area contributed by atoms with E-state index in [0.717, 1.165) is 11.1 Å². The van der Waals surface area contributed by atoms with Gasteiger partial charge in [0.05, 0.1) is 4.90 Å². The summed E-state index contributed by atoms with van der Waals surface area (Å²) in [7, 11) is -3.71. The Hall–Kier alpha value is -2.71. The van der Waals surface area contributed by atoms with Crippen LogP contribution in [0.2, 0.25) is 0 Å². The van der Waals surface area contributed by atoms with Gasteiger partial charge in [-0.15, -0.1) is 0 Å². The topological polar surface area (TPSA) is 118 Å². The molecule has 0 unspecified atom stereocenters. The lowest BCUT2D eigenvalue weighted by atomic mass is 10.1. The van der Waals surface area contributed by atoms with Crippen molar-refractivity contribution in [2.75, 3.05) is 10.6 Å². The van der Waals surface area contributed by atoms with E-state index in [0.29, 0.717) is 17.8 Å². The van der Waals surface area contributed by atoms with Crippen LogP contribution in [0.4, 0.5) is 11.4 Å². The Morgan fingerprint density at radius 2 is 1.69 bits per heavy atom. The van der Waals surface area contributed by atoms with E-state index in [2.05, 4.69) is 10.6 Å². The van der Waals surface area contributed by atoms with Crippen LogP contribution in [0.3, 0.4) is 0 Å². The minimum Gasteiger partial charge on any atom is -0.326 e. The first kappa shape index (κ1) is 19.6. The molecule has 26 heavy (non-hydrogen) atoms. The van der Waals surface area contributed by atoms with Gasteiger partial charge in [-0.2, -0.15) is 0 Å². The maximum absolute atomic E-state index is 12.1. The number of hydrogen-bond acceptors (Lipinski definition) is 4. The smallest absolute Gasteiger partial charge is 0.238 e. The molecule has 2 aromatic rings. The highest BCUT2D eigenvalue weighted by Gasteiger charge is 2.09. The molecule has 0 fully saturated rings. The number of benzene rings is 2. The van der Waals surface area contributed by atoms with Gasteiger partial charge in [0.15, 0.2) is 0 Å². The number of nitrogens with one attached hydrogen (secondary N) is 2. The number of primary sulfonamides is 1. The minimum atomic E-state index is -3.71. The lowest BCUT2D eigenvalue weighted by Crippen LogP contribution is -2.13. The van der Waals surface area contributed by atoms with Gasteiger partial charge in [-0.3, -0.25) is 9.59 Å². The number of aryl methyl sites for hydroxylation is 2. The average Bonchev–Trinajstić information content (AvgIpc) is 2.55. The van der Waals surface area contributed by atoms with Crippen LogP contribution in [0.25, 0.3) is 0 Å². The predicted octanol–water partition coefficient (Wildman–Crippen LogP) is 2.17. The summed E-state index contributed by atoms with van der Waals surface area (Å²) in [6, 6.07) is 11.4. The van der Waals surface area contributed by atoms with E-state index in [1.165, 1.54) is 19.1 Å². The molecule has 0 aliphatic heterocycles. The number of carbonyl (C=O) groups is 2. The van der Waals surface area contributed by atoms with Crippen LogP contribution in [0.5, 0.6) is 0 Å². The molecule has 0 atom stereocenters. The van der Waals surface area contributed by atoms with E-state index in [4.69, 9.17) is 5.14 Å². The molecule has 8 heteroatoms. The van der Waals surface area contributed by atoms with Gasteiger partial charge < -0.3 is 10.6 Å². The van der Waals surface area contributed by atoms with E-state index in [1.54, 1.807) is 30.3 Å². The van der Waals surface area contributed by atoms with Gasteiger partial charge in [-0.25, -0.2) is 13.6 Å². The molecule has 2 rings (SSSR count). The first-order valence-electron chi connectivity index (χ1n) is 7.95. The van der Waals surface area contributed by atoms with Crippen molar-refractivity contribution >= 4 is 33.2 Å². The summed E-state index contributed by atoms with van der Waals surface area (Å²) in [4.78, 5) is 23.2. The molecule has 0 bridgehead atoms. The van der Waals surface area contributed by atoms with Gasteiger partial charge >= 0.3 is 0 Å². The molecule has 2 aromatic carbocycles. The monoisotopic (exact) mass is 375 g/mol. The number of sulfonamides is 1. The number of amides is 2. The molecule has 0 radical (unpaired) electrons. The number of anilines is 2. The van der Waals surface area contributed by atoms with E-state index >= 15 is 0 Å². The maximum atomic E-state index is 12.1. The van der Waals surface area contributed by atoms with Crippen LogP contribution in [0.15, 0.2) is 47.4 Å². The van der Waals surface area contributed by atoms with E-state index in [-0.39, 0.29) is 23.1 Å². The fourth-order valence-corrected chi connectivity index (χ4v) is 2.91. The summed E-state index contributed by atoms with van der Waals surface area (Å²) in [5.74, 6) is -0.314. The lowest BCUT2D eigenvalue weighted by molar-refractivity contribution is -0.116. The fourth-order valence-electron chi connectivity index (χ4n) is 2.40. The van der Waals surface area contributed by atoms with Crippen LogP contribution >= 0.6 is 0 Å². The molecular formula is C18H21N3O4S. The molecule has 0 saturated heterocycles. The first-order valence-corrected chi connectivity index (χ1v) is 9.49. The van der Waals surface area contributed by atoms with Gasteiger partial charge in [0, 0.05) is 24.7 Å². The van der Waals surface area contributed by atoms with E-state index in [9.17, 15) is 18.0 Å². The van der Waals surface area contributed by atoms with Gasteiger partial charge in [0.2, 0.25) is 21.8 Å². The second kappa shape index (κ2) is 8.11. The van der Waals surface area contributed by atoms with Crippen LogP contribution in [0.1, 0.15) is 24.5 Å². The Balaban J connectivity index is 1.92. The average molecular weight is 375 g/mol. The van der Waals surface area contributed by atoms with E-state index < -0.39 is 10.0 Å². The van der Waals surface area contributed by atoms with Crippen molar-refractivity contribution in [2.45, 2.75) is 31.6 Å². The van der Waals surface area contributed by atoms with Crippen LogP contribution in [-0.2, 0) is 26.0 Å². The lowest BCUT2D eigenvalue weighted by Gasteiger charge is -2.10. The third kappa shape index (κ3) is 5.68. The highest BCUT2D eigenvalue weighted by molar-refractivity contribution is 7.89. The molecule has 0 aliphatic carbocycles. The Kier molecular flexibility index (Phi) is 6.12. The van der Waals surface area contributed by atoms with Crippen molar-refractivity contribution in [3.8, 4) is 0 Å². The van der Waals surface area contributed by atoms with Crippen molar-refractivity contribution in [1.29, 1.82) is 0 Å². The first-order chi connectivity index (χ1) is 12.1. The van der Waals surface area contributed by atoms with E-state index in [1.807, 2.05) is 6.92 Å². The molecule has 0 heterocycles. The van der Waals surface area contributed by atoms with Gasteiger partial charge in [0.1, 0.15) is 0 Å². The zero-order valence-corrected chi connectivity index (χ0v) is 15.4.